The van der Waals surface area contributed by atoms with Crippen LogP contribution in [0.5, 0.6) is 11.5 Å². The average Bonchev–Trinajstić information content (AvgIpc) is 2.89. The highest BCUT2D eigenvalue weighted by atomic mass is 32.2. The van der Waals surface area contributed by atoms with Crippen LogP contribution in [0.15, 0.2) is 71.1 Å². The zero-order chi connectivity index (χ0) is 25.5. The molecule has 0 bridgehead atoms. The van der Waals surface area contributed by atoms with Crippen molar-refractivity contribution < 1.29 is 23.8 Å². The lowest BCUT2D eigenvalue weighted by atomic mass is 9.75. The van der Waals surface area contributed by atoms with Crippen LogP contribution in [-0.2, 0) is 20.9 Å². The molecule has 36 heavy (non-hydrogen) atoms. The van der Waals surface area contributed by atoms with Crippen molar-refractivity contribution >= 4 is 23.5 Å². The summed E-state index contributed by atoms with van der Waals surface area (Å²) < 4.78 is 17.3. The molecule has 2 aromatic carbocycles. The number of benzene rings is 2. The maximum atomic E-state index is 13.3. The molecule has 2 aromatic rings. The number of dihydropyridines is 1. The SMILES string of the molecule is CCSCCOC(=O)C1=C(C)NC2=C(C(=O)CCC2)[C@H]1c1ccc(OCc2ccccc2)c(OC)c1. The molecule has 0 saturated carbocycles. The van der Waals surface area contributed by atoms with E-state index < -0.39 is 11.9 Å². The minimum absolute atomic E-state index is 0.0662. The highest BCUT2D eigenvalue weighted by Gasteiger charge is 2.39. The summed E-state index contributed by atoms with van der Waals surface area (Å²) in [7, 11) is 1.59. The molecule has 1 aliphatic heterocycles. The van der Waals surface area contributed by atoms with Crippen LogP contribution in [0.3, 0.4) is 0 Å². The van der Waals surface area contributed by atoms with Crippen LogP contribution in [0.2, 0.25) is 0 Å². The molecule has 4 rings (SSSR count). The molecule has 1 aliphatic carbocycles. The van der Waals surface area contributed by atoms with Crippen molar-refractivity contribution in [3.05, 3.63) is 82.2 Å². The Morgan fingerprint density at radius 1 is 1.11 bits per heavy atom. The van der Waals surface area contributed by atoms with Gasteiger partial charge in [-0.15, -0.1) is 0 Å². The Morgan fingerprint density at radius 3 is 2.67 bits per heavy atom. The first-order valence-corrected chi connectivity index (χ1v) is 13.5. The molecule has 7 heteroatoms. The van der Waals surface area contributed by atoms with Crippen molar-refractivity contribution in [1.82, 2.24) is 5.32 Å². The maximum Gasteiger partial charge on any atom is 0.336 e. The summed E-state index contributed by atoms with van der Waals surface area (Å²) in [6.45, 7) is 4.69. The summed E-state index contributed by atoms with van der Waals surface area (Å²) in [5.41, 5.74) is 4.61. The third-order valence-corrected chi connectivity index (χ3v) is 7.28. The number of allylic oxidation sites excluding steroid dienone is 3. The van der Waals surface area contributed by atoms with Crippen LogP contribution in [-0.4, -0.2) is 37.0 Å². The molecule has 2 aliphatic rings. The molecule has 1 N–H and O–H groups in total. The fourth-order valence-corrected chi connectivity index (χ4v) is 5.21. The van der Waals surface area contributed by atoms with Gasteiger partial charge in [0.05, 0.1) is 12.7 Å². The summed E-state index contributed by atoms with van der Waals surface area (Å²) in [6.07, 6.45) is 2.05. The highest BCUT2D eigenvalue weighted by Crippen LogP contribution is 2.44. The topological polar surface area (TPSA) is 73.9 Å². The van der Waals surface area contributed by atoms with Crippen LogP contribution >= 0.6 is 11.8 Å². The highest BCUT2D eigenvalue weighted by molar-refractivity contribution is 7.99. The predicted octanol–water partition coefficient (Wildman–Crippen LogP) is 5.54. The lowest BCUT2D eigenvalue weighted by molar-refractivity contribution is -0.138. The number of nitrogens with one attached hydrogen (secondary N) is 1. The summed E-state index contributed by atoms with van der Waals surface area (Å²) in [6, 6.07) is 15.6. The number of carbonyl (C=O) groups is 2. The van der Waals surface area contributed by atoms with Gasteiger partial charge in [-0.25, -0.2) is 4.79 Å². The Labute approximate surface area is 217 Å². The fourth-order valence-electron chi connectivity index (χ4n) is 4.72. The van der Waals surface area contributed by atoms with Gasteiger partial charge >= 0.3 is 5.97 Å². The van der Waals surface area contributed by atoms with Crippen molar-refractivity contribution in [3.63, 3.8) is 0 Å². The standard InChI is InChI=1S/C29H33NO5S/c1-4-36-16-15-34-29(32)26-19(2)30-22-11-8-12-23(31)28(22)27(26)21-13-14-24(25(17-21)33-3)35-18-20-9-6-5-7-10-20/h5-7,9-10,13-14,17,27,30H,4,8,11-12,15-16,18H2,1-3H3/t27-/m0/s1. The van der Waals surface area contributed by atoms with E-state index in [1.165, 1.54) is 0 Å². The number of ketones is 1. The molecule has 0 aromatic heterocycles. The Hall–Kier alpha value is -3.19. The van der Waals surface area contributed by atoms with E-state index in [9.17, 15) is 9.59 Å². The molecule has 1 atom stereocenters. The van der Waals surface area contributed by atoms with Crippen LogP contribution in [0.25, 0.3) is 0 Å². The van der Waals surface area contributed by atoms with Gasteiger partial charge in [0.15, 0.2) is 17.3 Å². The van der Waals surface area contributed by atoms with Crippen molar-refractivity contribution in [2.24, 2.45) is 0 Å². The van der Waals surface area contributed by atoms with Gasteiger partial charge < -0.3 is 19.5 Å². The molecule has 0 unspecified atom stereocenters. The van der Waals surface area contributed by atoms with Gasteiger partial charge in [0.2, 0.25) is 0 Å². The average molecular weight is 508 g/mol. The first-order chi connectivity index (χ1) is 17.5. The Morgan fingerprint density at radius 2 is 1.92 bits per heavy atom. The number of Topliss-reactive ketones (excluding diaryl/α,β-unsaturated/α-hetero) is 1. The quantitative estimate of drug-likeness (QED) is 0.334. The van der Waals surface area contributed by atoms with Gasteiger partial charge in [0, 0.05) is 35.1 Å². The van der Waals surface area contributed by atoms with Gasteiger partial charge in [-0.1, -0.05) is 43.3 Å². The van der Waals surface area contributed by atoms with E-state index in [-0.39, 0.29) is 5.78 Å². The second-order valence-electron chi connectivity index (χ2n) is 8.78. The molecule has 6 nitrogen and oxygen atoms in total. The predicted molar refractivity (Wildman–Crippen MR) is 142 cm³/mol. The van der Waals surface area contributed by atoms with Crippen LogP contribution < -0.4 is 14.8 Å². The minimum atomic E-state index is -0.516. The first kappa shape index (κ1) is 25.9. The number of thioether (sulfide) groups is 1. The molecule has 0 radical (unpaired) electrons. The summed E-state index contributed by atoms with van der Waals surface area (Å²) >= 11 is 1.72. The van der Waals surface area contributed by atoms with Gasteiger partial charge in [0.1, 0.15) is 13.2 Å². The van der Waals surface area contributed by atoms with E-state index in [1.807, 2.05) is 55.5 Å². The summed E-state index contributed by atoms with van der Waals surface area (Å²) in [5.74, 6) is 2.01. The number of carbonyl (C=O) groups excluding carboxylic acids is 2. The minimum Gasteiger partial charge on any atom is -0.493 e. The zero-order valence-electron chi connectivity index (χ0n) is 21.1. The monoisotopic (exact) mass is 507 g/mol. The van der Waals surface area contributed by atoms with Crippen LogP contribution in [0.4, 0.5) is 0 Å². The van der Waals surface area contributed by atoms with Gasteiger partial charge in [0.25, 0.3) is 0 Å². The fraction of sp³-hybridized carbons (Fsp3) is 0.379. The van der Waals surface area contributed by atoms with E-state index in [4.69, 9.17) is 14.2 Å². The second kappa shape index (κ2) is 12.2. The van der Waals surface area contributed by atoms with Crippen LogP contribution in [0.1, 0.15) is 50.2 Å². The first-order valence-electron chi connectivity index (χ1n) is 12.4. The number of hydrogen-bond acceptors (Lipinski definition) is 7. The van der Waals surface area contributed by atoms with Gasteiger partial charge in [-0.2, -0.15) is 11.8 Å². The number of ether oxygens (including phenoxy) is 3. The number of rotatable bonds is 10. The number of methoxy groups -OCH3 is 1. The summed E-state index contributed by atoms with van der Waals surface area (Å²) in [4.78, 5) is 26.4. The van der Waals surface area contributed by atoms with E-state index in [2.05, 4.69) is 12.2 Å². The largest absolute Gasteiger partial charge is 0.493 e. The molecular formula is C29H33NO5S. The molecule has 0 fully saturated rings. The molecule has 1 heterocycles. The third kappa shape index (κ3) is 5.78. The van der Waals surface area contributed by atoms with E-state index in [1.54, 1.807) is 18.9 Å². The maximum absolute atomic E-state index is 13.3. The van der Waals surface area contributed by atoms with Crippen molar-refractivity contribution in [2.75, 3.05) is 25.2 Å². The van der Waals surface area contributed by atoms with Crippen molar-refractivity contribution in [3.8, 4) is 11.5 Å². The molecule has 0 spiro atoms. The Kier molecular flexibility index (Phi) is 8.75. The van der Waals surface area contributed by atoms with Gasteiger partial charge in [-0.3, -0.25) is 4.79 Å². The molecular weight excluding hydrogens is 474 g/mol. The van der Waals surface area contributed by atoms with E-state index in [0.29, 0.717) is 42.3 Å². The number of hydrogen-bond donors (Lipinski definition) is 1. The molecule has 0 saturated heterocycles. The zero-order valence-corrected chi connectivity index (χ0v) is 21.9. The molecule has 0 amide bonds. The number of esters is 1. The van der Waals surface area contributed by atoms with Crippen LogP contribution in [0, 0.1) is 0 Å². The van der Waals surface area contributed by atoms with E-state index >= 15 is 0 Å². The lowest BCUT2D eigenvalue weighted by Gasteiger charge is -2.34. The van der Waals surface area contributed by atoms with E-state index in [0.717, 1.165) is 46.9 Å². The van der Waals surface area contributed by atoms with Gasteiger partial charge in [-0.05, 0) is 48.8 Å². The normalized spacial score (nSPS) is 17.4. The lowest BCUT2D eigenvalue weighted by Crippen LogP contribution is -2.34. The molecule has 190 valence electrons. The second-order valence-corrected chi connectivity index (χ2v) is 10.2. The Balaban J connectivity index is 1.67. The third-order valence-electron chi connectivity index (χ3n) is 6.42. The van der Waals surface area contributed by atoms with Crippen molar-refractivity contribution in [1.29, 1.82) is 0 Å². The van der Waals surface area contributed by atoms with Crippen molar-refractivity contribution in [2.45, 2.75) is 45.6 Å². The smallest absolute Gasteiger partial charge is 0.336 e. The summed E-state index contributed by atoms with van der Waals surface area (Å²) in [5, 5.41) is 3.34. The Bertz CT molecular complexity index is 1170.